The van der Waals surface area contributed by atoms with Crippen molar-refractivity contribution < 1.29 is 9.18 Å². The minimum absolute atomic E-state index is 0.0295. The molecule has 0 aromatic carbocycles. The summed E-state index contributed by atoms with van der Waals surface area (Å²) in [6, 6.07) is -0.0295. The fourth-order valence-corrected chi connectivity index (χ4v) is 3.09. The summed E-state index contributed by atoms with van der Waals surface area (Å²) in [5, 5.41) is 0. The van der Waals surface area contributed by atoms with E-state index in [-0.39, 0.29) is 11.9 Å². The molecule has 0 unspecified atom stereocenters. The van der Waals surface area contributed by atoms with Crippen LogP contribution in [0.25, 0.3) is 0 Å². The smallest absolute Gasteiger partial charge is 0.271 e. The molecule has 24 heavy (non-hydrogen) atoms. The van der Waals surface area contributed by atoms with Gasteiger partial charge in [-0.2, -0.15) is 0 Å². The summed E-state index contributed by atoms with van der Waals surface area (Å²) in [6.07, 6.45) is 6.02. The van der Waals surface area contributed by atoms with Crippen LogP contribution < -0.4 is 0 Å². The van der Waals surface area contributed by atoms with E-state index >= 15 is 0 Å². The van der Waals surface area contributed by atoms with Crippen LogP contribution in [0.3, 0.4) is 0 Å². The van der Waals surface area contributed by atoms with Gasteiger partial charge in [-0.15, -0.1) is 0 Å². The third kappa shape index (κ3) is 3.76. The topological polar surface area (TPSA) is 78.0 Å². The molecule has 8 heteroatoms. The number of alkyl halides is 1. The molecule has 0 bridgehead atoms. The van der Waals surface area contributed by atoms with Crippen LogP contribution in [-0.2, 0) is 6.54 Å². The Morgan fingerprint density at radius 3 is 2.83 bits per heavy atom. The highest BCUT2D eigenvalue weighted by molar-refractivity contribution is 5.92. The number of aryl methyl sites for hydroxylation is 1. The van der Waals surface area contributed by atoms with Gasteiger partial charge in [-0.3, -0.25) is 9.69 Å². The van der Waals surface area contributed by atoms with E-state index in [0.29, 0.717) is 37.6 Å². The van der Waals surface area contributed by atoms with Crippen LogP contribution in [0.4, 0.5) is 4.39 Å². The molecular weight excluding hydrogens is 311 g/mol. The molecule has 128 valence electrons. The predicted molar refractivity (Wildman–Crippen MR) is 86.0 cm³/mol. The lowest BCUT2D eigenvalue weighted by Crippen LogP contribution is -2.41. The van der Waals surface area contributed by atoms with Crippen LogP contribution in [0.5, 0.6) is 0 Å². The summed E-state index contributed by atoms with van der Waals surface area (Å²) in [4.78, 5) is 31.0. The molecule has 3 heterocycles. The number of imidazole rings is 1. The third-order valence-corrected chi connectivity index (χ3v) is 4.24. The van der Waals surface area contributed by atoms with Crippen molar-refractivity contribution >= 4 is 5.91 Å². The lowest BCUT2D eigenvalue weighted by Gasteiger charge is -2.28. The van der Waals surface area contributed by atoms with E-state index < -0.39 is 6.17 Å². The van der Waals surface area contributed by atoms with Crippen molar-refractivity contribution in [3.63, 3.8) is 0 Å². The molecule has 1 amide bonds. The van der Waals surface area contributed by atoms with E-state index in [0.717, 1.165) is 5.56 Å². The van der Waals surface area contributed by atoms with Gasteiger partial charge in [0.2, 0.25) is 0 Å². The molecule has 2 atom stereocenters. The average Bonchev–Trinajstić information content (AvgIpc) is 3.13. The Bertz CT molecular complexity index is 691. The molecule has 0 radical (unpaired) electrons. The summed E-state index contributed by atoms with van der Waals surface area (Å²) in [5.41, 5.74) is 1.39. The highest BCUT2D eigenvalue weighted by Crippen LogP contribution is 2.23. The fourth-order valence-electron chi connectivity index (χ4n) is 3.09. The molecule has 7 nitrogen and oxygen atoms in total. The van der Waals surface area contributed by atoms with Gasteiger partial charge in [0.25, 0.3) is 5.91 Å². The van der Waals surface area contributed by atoms with Gasteiger partial charge in [0.1, 0.15) is 24.0 Å². The maximum Gasteiger partial charge on any atom is 0.271 e. The predicted octanol–water partition coefficient (Wildman–Crippen LogP) is 1.19. The molecule has 1 fully saturated rings. The van der Waals surface area contributed by atoms with Crippen molar-refractivity contribution in [2.24, 2.45) is 0 Å². The van der Waals surface area contributed by atoms with E-state index in [1.165, 1.54) is 12.5 Å². The first-order valence-corrected chi connectivity index (χ1v) is 7.92. The van der Waals surface area contributed by atoms with Gasteiger partial charge >= 0.3 is 0 Å². The fraction of sp³-hybridized carbons (Fsp3) is 0.500. The van der Waals surface area contributed by atoms with Crippen molar-refractivity contribution in [2.45, 2.75) is 32.1 Å². The van der Waals surface area contributed by atoms with Gasteiger partial charge in [0, 0.05) is 50.7 Å². The highest BCUT2D eigenvalue weighted by atomic mass is 19.1. The number of halogens is 1. The SMILES string of the molecule is Cc1ncc(C(=O)N(C)C[C@@H]2C[C@H](F)CN2Cc2cncnc2)[nH]1. The van der Waals surface area contributed by atoms with Crippen molar-refractivity contribution in [1.29, 1.82) is 0 Å². The molecule has 1 N–H and O–H groups in total. The number of H-pyrrole nitrogens is 1. The summed E-state index contributed by atoms with van der Waals surface area (Å²) in [6.45, 7) is 3.21. The standard InChI is InChI=1S/C16H21FN6O/c1-11-20-6-15(21-11)16(24)22(2)9-14-3-13(17)8-23(14)7-12-4-18-10-19-5-12/h4-6,10,13-14H,3,7-9H2,1-2H3,(H,20,21)/t13-,14-/m0/s1. The maximum atomic E-state index is 13.9. The lowest BCUT2D eigenvalue weighted by atomic mass is 10.2. The number of nitrogens with zero attached hydrogens (tertiary/aromatic N) is 5. The molecule has 1 aliphatic rings. The zero-order valence-corrected chi connectivity index (χ0v) is 13.8. The number of aromatic amines is 1. The molecule has 0 aliphatic carbocycles. The van der Waals surface area contributed by atoms with Crippen molar-refractivity contribution in [3.8, 4) is 0 Å². The Kier molecular flexibility index (Phi) is 4.84. The molecule has 1 aliphatic heterocycles. The first-order chi connectivity index (χ1) is 11.5. The number of likely N-dealkylation sites (tertiary alicyclic amines) is 1. The van der Waals surface area contributed by atoms with Gasteiger partial charge in [0.05, 0.1) is 6.20 Å². The maximum absolute atomic E-state index is 13.9. The Hall–Kier alpha value is -2.35. The number of likely N-dealkylation sites (N-methyl/N-ethyl adjacent to an activating group) is 1. The van der Waals surface area contributed by atoms with Gasteiger partial charge in [0.15, 0.2) is 0 Å². The summed E-state index contributed by atoms with van der Waals surface area (Å²) < 4.78 is 13.9. The Morgan fingerprint density at radius 2 is 2.17 bits per heavy atom. The summed E-state index contributed by atoms with van der Waals surface area (Å²) in [5.74, 6) is 0.558. The second-order valence-electron chi connectivity index (χ2n) is 6.23. The molecule has 1 saturated heterocycles. The molecule has 2 aromatic rings. The minimum Gasteiger partial charge on any atom is -0.339 e. The van der Waals surface area contributed by atoms with Crippen LogP contribution in [0, 0.1) is 6.92 Å². The Balaban J connectivity index is 1.64. The first-order valence-electron chi connectivity index (χ1n) is 7.92. The summed E-state index contributed by atoms with van der Waals surface area (Å²) in [7, 11) is 1.73. The molecule has 3 rings (SSSR count). The van der Waals surface area contributed by atoms with Gasteiger partial charge < -0.3 is 9.88 Å². The summed E-state index contributed by atoms with van der Waals surface area (Å²) >= 11 is 0. The van der Waals surface area contributed by atoms with E-state index in [9.17, 15) is 9.18 Å². The monoisotopic (exact) mass is 332 g/mol. The van der Waals surface area contributed by atoms with Crippen LogP contribution >= 0.6 is 0 Å². The van der Waals surface area contributed by atoms with E-state index in [1.807, 2.05) is 4.90 Å². The van der Waals surface area contributed by atoms with E-state index in [2.05, 4.69) is 19.9 Å². The molecular formula is C16H21FN6O. The highest BCUT2D eigenvalue weighted by Gasteiger charge is 2.33. The van der Waals surface area contributed by atoms with Crippen LogP contribution in [0.1, 0.15) is 28.3 Å². The van der Waals surface area contributed by atoms with Crippen LogP contribution in [-0.4, -0.2) is 68.0 Å². The van der Waals surface area contributed by atoms with E-state index in [4.69, 9.17) is 0 Å². The molecule has 0 spiro atoms. The molecule has 2 aromatic heterocycles. The third-order valence-electron chi connectivity index (χ3n) is 4.24. The van der Waals surface area contributed by atoms with Crippen molar-refractivity contribution in [1.82, 2.24) is 29.7 Å². The van der Waals surface area contributed by atoms with Gasteiger partial charge in [-0.25, -0.2) is 19.3 Å². The number of hydrogen-bond donors (Lipinski definition) is 1. The Morgan fingerprint density at radius 1 is 1.42 bits per heavy atom. The molecule has 0 saturated carbocycles. The number of carbonyl (C=O) groups is 1. The number of hydrogen-bond acceptors (Lipinski definition) is 5. The zero-order valence-electron chi connectivity index (χ0n) is 13.8. The van der Waals surface area contributed by atoms with Crippen molar-refractivity contribution in [2.75, 3.05) is 20.1 Å². The number of amides is 1. The lowest BCUT2D eigenvalue weighted by molar-refractivity contribution is 0.0744. The van der Waals surface area contributed by atoms with Gasteiger partial charge in [-0.05, 0) is 13.3 Å². The minimum atomic E-state index is -0.877. The average molecular weight is 332 g/mol. The van der Waals surface area contributed by atoms with Gasteiger partial charge in [-0.1, -0.05) is 0 Å². The first kappa shape index (κ1) is 16.5. The number of carbonyl (C=O) groups excluding carboxylic acids is 1. The zero-order chi connectivity index (χ0) is 17.1. The second-order valence-corrected chi connectivity index (χ2v) is 6.23. The largest absolute Gasteiger partial charge is 0.339 e. The van der Waals surface area contributed by atoms with Crippen LogP contribution in [0.2, 0.25) is 0 Å². The van der Waals surface area contributed by atoms with Crippen LogP contribution in [0.15, 0.2) is 24.9 Å². The Labute approximate surface area is 139 Å². The quantitative estimate of drug-likeness (QED) is 0.890. The number of nitrogens with one attached hydrogen (secondary N) is 1. The number of aromatic nitrogens is 4. The normalized spacial score (nSPS) is 21.1. The number of rotatable bonds is 5. The second kappa shape index (κ2) is 7.04. The van der Waals surface area contributed by atoms with E-state index in [1.54, 1.807) is 31.3 Å². The van der Waals surface area contributed by atoms with Crippen molar-refractivity contribution in [3.05, 3.63) is 42.0 Å².